The lowest BCUT2D eigenvalue weighted by Gasteiger charge is -2.24. The van der Waals surface area contributed by atoms with Crippen molar-refractivity contribution in [3.63, 3.8) is 0 Å². The van der Waals surface area contributed by atoms with Crippen molar-refractivity contribution in [1.82, 2.24) is 4.90 Å². The zero-order chi connectivity index (χ0) is 12.3. The molecule has 1 aromatic carbocycles. The number of benzene rings is 1. The third-order valence-corrected chi connectivity index (χ3v) is 3.41. The van der Waals surface area contributed by atoms with Gasteiger partial charge in [-0.2, -0.15) is 0 Å². The van der Waals surface area contributed by atoms with Gasteiger partial charge in [-0.15, -0.1) is 0 Å². The number of likely N-dealkylation sites (N-methyl/N-ethyl adjacent to an activating group) is 1. The van der Waals surface area contributed by atoms with Crippen LogP contribution in [0.4, 0.5) is 4.39 Å². The number of hydrogen-bond acceptors (Lipinski definition) is 2. The first-order chi connectivity index (χ1) is 8.19. The summed E-state index contributed by atoms with van der Waals surface area (Å²) in [5, 5.41) is 0. The van der Waals surface area contributed by atoms with E-state index >= 15 is 0 Å². The highest BCUT2D eigenvalue weighted by Crippen LogP contribution is 2.30. The quantitative estimate of drug-likeness (QED) is 0.822. The van der Waals surface area contributed by atoms with Gasteiger partial charge in [-0.25, -0.2) is 4.39 Å². The molecule has 17 heavy (non-hydrogen) atoms. The molecule has 3 heteroatoms. The molecule has 0 spiro atoms. The average molecular weight is 236 g/mol. The molecule has 0 radical (unpaired) electrons. The highest BCUT2D eigenvalue weighted by molar-refractivity contribution is 5.19. The van der Waals surface area contributed by atoms with Gasteiger partial charge in [-0.3, -0.25) is 0 Å². The van der Waals surface area contributed by atoms with Gasteiger partial charge in [0.05, 0.1) is 0 Å². The molecule has 94 valence electrons. The van der Waals surface area contributed by atoms with E-state index in [1.165, 1.54) is 25.0 Å². The molecular weight excluding hydrogens is 215 g/mol. The largest absolute Gasteiger partial charge is 0.323 e. The number of rotatable bonds is 6. The molecule has 0 aromatic heterocycles. The third kappa shape index (κ3) is 3.79. The Balaban J connectivity index is 1.89. The maximum absolute atomic E-state index is 12.8. The monoisotopic (exact) mass is 236 g/mol. The lowest BCUT2D eigenvalue weighted by molar-refractivity contribution is 0.260. The molecule has 0 saturated heterocycles. The van der Waals surface area contributed by atoms with E-state index in [-0.39, 0.29) is 11.9 Å². The van der Waals surface area contributed by atoms with Crippen LogP contribution in [0.25, 0.3) is 0 Å². The van der Waals surface area contributed by atoms with Crippen LogP contribution in [0.2, 0.25) is 0 Å². The third-order valence-electron chi connectivity index (χ3n) is 3.41. The highest BCUT2D eigenvalue weighted by atomic mass is 19.1. The maximum atomic E-state index is 12.8. The van der Waals surface area contributed by atoms with Crippen molar-refractivity contribution < 1.29 is 4.39 Å². The molecule has 0 amide bonds. The standard InChI is InChI=1S/C14H21FN2/c1-2-17(9-11-3-4-11)10-14(16)12-5-7-13(15)8-6-12/h5-8,11,14H,2-4,9-10,16H2,1H3. The van der Waals surface area contributed by atoms with Gasteiger partial charge in [-0.1, -0.05) is 19.1 Å². The molecule has 0 heterocycles. The number of nitrogens with two attached hydrogens (primary N) is 1. The van der Waals surface area contributed by atoms with Crippen molar-refractivity contribution >= 4 is 0 Å². The van der Waals surface area contributed by atoms with Gasteiger partial charge in [0, 0.05) is 19.1 Å². The Bertz CT molecular complexity index is 346. The van der Waals surface area contributed by atoms with E-state index in [9.17, 15) is 4.39 Å². The van der Waals surface area contributed by atoms with Crippen LogP contribution in [0, 0.1) is 11.7 Å². The molecule has 0 bridgehead atoms. The van der Waals surface area contributed by atoms with E-state index in [2.05, 4.69) is 11.8 Å². The van der Waals surface area contributed by atoms with E-state index in [4.69, 9.17) is 5.73 Å². The molecule has 1 aromatic rings. The van der Waals surface area contributed by atoms with E-state index in [1.54, 1.807) is 12.1 Å². The summed E-state index contributed by atoms with van der Waals surface area (Å²) in [5.74, 6) is 0.682. The van der Waals surface area contributed by atoms with Crippen LogP contribution in [-0.2, 0) is 0 Å². The molecule has 0 aliphatic heterocycles. The zero-order valence-electron chi connectivity index (χ0n) is 10.4. The fourth-order valence-corrected chi connectivity index (χ4v) is 2.09. The summed E-state index contributed by atoms with van der Waals surface area (Å²) in [7, 11) is 0. The predicted octanol–water partition coefficient (Wildman–Crippen LogP) is 2.56. The van der Waals surface area contributed by atoms with Gasteiger partial charge >= 0.3 is 0 Å². The molecule has 1 fully saturated rings. The van der Waals surface area contributed by atoms with E-state index < -0.39 is 0 Å². The first kappa shape index (κ1) is 12.5. The minimum absolute atomic E-state index is 0.0192. The van der Waals surface area contributed by atoms with Gasteiger partial charge < -0.3 is 10.6 Å². The maximum Gasteiger partial charge on any atom is 0.123 e. The van der Waals surface area contributed by atoms with Crippen LogP contribution >= 0.6 is 0 Å². The predicted molar refractivity (Wildman–Crippen MR) is 68.2 cm³/mol. The second kappa shape index (κ2) is 5.61. The van der Waals surface area contributed by atoms with Crippen LogP contribution in [0.5, 0.6) is 0 Å². The van der Waals surface area contributed by atoms with Crippen molar-refractivity contribution in [3.05, 3.63) is 35.6 Å². The van der Waals surface area contributed by atoms with Crippen molar-refractivity contribution in [2.24, 2.45) is 11.7 Å². The lowest BCUT2D eigenvalue weighted by atomic mass is 10.1. The SMILES string of the molecule is CCN(CC1CC1)CC(N)c1ccc(F)cc1. The topological polar surface area (TPSA) is 29.3 Å². The van der Waals surface area contributed by atoms with Crippen LogP contribution < -0.4 is 5.73 Å². The van der Waals surface area contributed by atoms with Crippen molar-refractivity contribution in [1.29, 1.82) is 0 Å². The molecule has 1 aliphatic carbocycles. The normalized spacial score (nSPS) is 17.4. The fourth-order valence-electron chi connectivity index (χ4n) is 2.09. The molecule has 1 unspecified atom stereocenters. The molecule has 1 aliphatic rings. The van der Waals surface area contributed by atoms with E-state index in [0.717, 1.165) is 31.1 Å². The first-order valence-electron chi connectivity index (χ1n) is 6.42. The summed E-state index contributed by atoms with van der Waals surface area (Å²) < 4.78 is 12.8. The summed E-state index contributed by atoms with van der Waals surface area (Å²) >= 11 is 0. The minimum atomic E-state index is -0.203. The van der Waals surface area contributed by atoms with Crippen LogP contribution in [-0.4, -0.2) is 24.5 Å². The second-order valence-corrected chi connectivity index (χ2v) is 4.95. The van der Waals surface area contributed by atoms with Crippen molar-refractivity contribution in [2.45, 2.75) is 25.8 Å². The smallest absolute Gasteiger partial charge is 0.123 e. The van der Waals surface area contributed by atoms with Crippen molar-refractivity contribution in [3.8, 4) is 0 Å². The molecule has 2 N–H and O–H groups in total. The Morgan fingerprint density at radius 2 is 2.00 bits per heavy atom. The van der Waals surface area contributed by atoms with Crippen LogP contribution in [0.1, 0.15) is 31.4 Å². The number of halogens is 1. The zero-order valence-corrected chi connectivity index (χ0v) is 10.4. The number of hydrogen-bond donors (Lipinski definition) is 1. The summed E-state index contributed by atoms with van der Waals surface area (Å²) in [6, 6.07) is 6.50. The fraction of sp³-hybridized carbons (Fsp3) is 0.571. The van der Waals surface area contributed by atoms with Gasteiger partial charge in [0.1, 0.15) is 5.82 Å². The Labute approximate surface area is 103 Å². The summed E-state index contributed by atoms with van der Waals surface area (Å²) in [5.41, 5.74) is 7.17. The van der Waals surface area contributed by atoms with Crippen LogP contribution in [0.15, 0.2) is 24.3 Å². The number of nitrogens with zero attached hydrogens (tertiary/aromatic N) is 1. The molecule has 2 rings (SSSR count). The Morgan fingerprint density at radius 3 is 2.53 bits per heavy atom. The van der Waals surface area contributed by atoms with E-state index in [0.29, 0.717) is 0 Å². The van der Waals surface area contributed by atoms with Gasteiger partial charge in [0.25, 0.3) is 0 Å². The van der Waals surface area contributed by atoms with Gasteiger partial charge in [0.2, 0.25) is 0 Å². The molecular formula is C14H21FN2. The van der Waals surface area contributed by atoms with Crippen LogP contribution in [0.3, 0.4) is 0 Å². The Hall–Kier alpha value is -0.930. The summed E-state index contributed by atoms with van der Waals surface area (Å²) in [4.78, 5) is 2.39. The second-order valence-electron chi connectivity index (χ2n) is 4.95. The van der Waals surface area contributed by atoms with Crippen molar-refractivity contribution in [2.75, 3.05) is 19.6 Å². The summed E-state index contributed by atoms with van der Waals surface area (Å²) in [6.07, 6.45) is 2.73. The minimum Gasteiger partial charge on any atom is -0.323 e. The average Bonchev–Trinajstić information content (AvgIpc) is 3.13. The molecule has 1 saturated carbocycles. The first-order valence-corrected chi connectivity index (χ1v) is 6.42. The molecule has 2 nitrogen and oxygen atoms in total. The Kier molecular flexibility index (Phi) is 4.13. The van der Waals surface area contributed by atoms with Gasteiger partial charge in [-0.05, 0) is 43.0 Å². The Morgan fingerprint density at radius 1 is 1.35 bits per heavy atom. The lowest BCUT2D eigenvalue weighted by Crippen LogP contribution is -2.33. The van der Waals surface area contributed by atoms with E-state index in [1.807, 2.05) is 0 Å². The van der Waals surface area contributed by atoms with Gasteiger partial charge in [0.15, 0.2) is 0 Å². The highest BCUT2D eigenvalue weighted by Gasteiger charge is 2.24. The molecule has 1 atom stereocenters. The summed E-state index contributed by atoms with van der Waals surface area (Å²) in [6.45, 7) is 5.22.